The summed E-state index contributed by atoms with van der Waals surface area (Å²) in [5.74, 6) is 0.0137. The number of rotatable bonds is 2. The monoisotopic (exact) mass is 375 g/mol. The highest BCUT2D eigenvalue weighted by Gasteiger charge is 2.33. The van der Waals surface area contributed by atoms with E-state index in [1.165, 1.54) is 4.90 Å². The summed E-state index contributed by atoms with van der Waals surface area (Å²) in [4.78, 5) is 14.8. The number of carbonyl (C=O) groups is 1. The topological polar surface area (TPSA) is 70.1 Å². The molecule has 3 aromatic rings. The molecule has 0 bridgehead atoms. The van der Waals surface area contributed by atoms with Crippen LogP contribution in [0.2, 0.25) is 5.02 Å². The number of amides is 1. The normalized spacial score (nSPS) is 15.3. The van der Waals surface area contributed by atoms with Crippen molar-refractivity contribution in [1.29, 1.82) is 5.26 Å². The molecule has 2 aromatic carbocycles. The molecule has 2 heterocycles. The van der Waals surface area contributed by atoms with Gasteiger partial charge in [-0.15, -0.1) is 0 Å². The molecule has 0 aliphatic carbocycles. The zero-order chi connectivity index (χ0) is 19.0. The Morgan fingerprint density at radius 3 is 2.74 bits per heavy atom. The number of nitrogens with zero attached hydrogens (tertiary/aromatic N) is 3. The molecule has 4 rings (SSSR count). The lowest BCUT2D eigenvalue weighted by Crippen LogP contribution is -2.32. The molecule has 1 atom stereocenters. The summed E-state index contributed by atoms with van der Waals surface area (Å²) in [7, 11) is 0. The maximum absolute atomic E-state index is 13.3. The van der Waals surface area contributed by atoms with E-state index in [1.54, 1.807) is 31.3 Å². The fourth-order valence-corrected chi connectivity index (χ4v) is 3.44. The Balaban J connectivity index is 1.80. The molecule has 0 saturated carbocycles. The number of hydrogen-bond donors (Lipinski definition) is 0. The Morgan fingerprint density at radius 1 is 1.22 bits per heavy atom. The van der Waals surface area contributed by atoms with Crippen LogP contribution in [0.5, 0.6) is 0 Å². The van der Waals surface area contributed by atoms with E-state index in [2.05, 4.69) is 11.2 Å². The SMILES string of the molecule is Cc1onc(-c2ccccc2Cl)c1C(=O)N1C=Cc2ccccc2[C@H]1C#N. The highest BCUT2D eigenvalue weighted by atomic mass is 35.5. The van der Waals surface area contributed by atoms with Crippen LogP contribution in [0.15, 0.2) is 59.3 Å². The Kier molecular flexibility index (Phi) is 4.27. The van der Waals surface area contributed by atoms with Gasteiger partial charge in [-0.25, -0.2) is 0 Å². The molecule has 5 nitrogen and oxygen atoms in total. The van der Waals surface area contributed by atoms with Crippen LogP contribution in [0.4, 0.5) is 0 Å². The number of halogens is 1. The smallest absolute Gasteiger partial charge is 0.265 e. The van der Waals surface area contributed by atoms with Crippen LogP contribution < -0.4 is 0 Å². The first-order chi connectivity index (χ1) is 13.1. The molecule has 1 aliphatic heterocycles. The Labute approximate surface area is 161 Å². The van der Waals surface area contributed by atoms with Crippen molar-refractivity contribution in [1.82, 2.24) is 10.1 Å². The predicted octanol–water partition coefficient (Wildman–Crippen LogP) is 4.99. The van der Waals surface area contributed by atoms with Gasteiger partial charge in [-0.3, -0.25) is 9.69 Å². The molecule has 27 heavy (non-hydrogen) atoms. The third kappa shape index (κ3) is 2.80. The van der Waals surface area contributed by atoms with Crippen molar-refractivity contribution in [3.63, 3.8) is 0 Å². The highest BCUT2D eigenvalue weighted by molar-refractivity contribution is 6.33. The van der Waals surface area contributed by atoms with E-state index in [4.69, 9.17) is 16.1 Å². The van der Waals surface area contributed by atoms with Crippen molar-refractivity contribution < 1.29 is 9.32 Å². The van der Waals surface area contributed by atoms with E-state index in [1.807, 2.05) is 36.4 Å². The number of benzene rings is 2. The number of aryl methyl sites for hydroxylation is 1. The van der Waals surface area contributed by atoms with Gasteiger partial charge in [-0.05, 0) is 30.2 Å². The molecule has 1 aromatic heterocycles. The molecular formula is C21H14ClN3O2. The lowest BCUT2D eigenvalue weighted by molar-refractivity contribution is 0.0793. The fourth-order valence-electron chi connectivity index (χ4n) is 3.22. The van der Waals surface area contributed by atoms with Gasteiger partial charge >= 0.3 is 0 Å². The zero-order valence-electron chi connectivity index (χ0n) is 14.4. The maximum atomic E-state index is 13.3. The second kappa shape index (κ2) is 6.75. The molecule has 0 spiro atoms. The minimum Gasteiger partial charge on any atom is -0.360 e. The summed E-state index contributed by atoms with van der Waals surface area (Å²) in [5, 5.41) is 14.2. The highest BCUT2D eigenvalue weighted by Crippen LogP contribution is 2.35. The minimum absolute atomic E-state index is 0.299. The average molecular weight is 376 g/mol. The third-order valence-electron chi connectivity index (χ3n) is 4.55. The van der Waals surface area contributed by atoms with Crippen molar-refractivity contribution in [2.75, 3.05) is 0 Å². The lowest BCUT2D eigenvalue weighted by atomic mass is 9.96. The summed E-state index contributed by atoms with van der Waals surface area (Å²) in [5.41, 5.74) is 2.97. The van der Waals surface area contributed by atoms with Crippen molar-refractivity contribution in [2.45, 2.75) is 13.0 Å². The standard InChI is InChI=1S/C21H14ClN3O2/c1-13-19(20(24-27-13)16-8-4-5-9-17(16)22)21(26)25-11-10-14-6-2-3-7-15(14)18(25)12-23/h2-11,18H,1H3/t18-/m1/s1. The first-order valence-corrected chi connectivity index (χ1v) is 8.70. The summed E-state index contributed by atoms with van der Waals surface area (Å²) >= 11 is 6.28. The number of fused-ring (bicyclic) bond motifs is 1. The number of hydrogen-bond acceptors (Lipinski definition) is 4. The van der Waals surface area contributed by atoms with Crippen LogP contribution >= 0.6 is 11.6 Å². The van der Waals surface area contributed by atoms with Crippen molar-refractivity contribution in [3.8, 4) is 17.3 Å². The van der Waals surface area contributed by atoms with Crippen LogP contribution in [-0.4, -0.2) is 16.0 Å². The van der Waals surface area contributed by atoms with Crippen molar-refractivity contribution in [2.24, 2.45) is 0 Å². The average Bonchev–Trinajstić information content (AvgIpc) is 3.08. The number of carbonyl (C=O) groups excluding carboxylic acids is 1. The summed E-state index contributed by atoms with van der Waals surface area (Å²) in [6, 6.07) is 16.1. The van der Waals surface area contributed by atoms with Crippen LogP contribution in [0, 0.1) is 18.3 Å². The van der Waals surface area contributed by atoms with Gasteiger partial charge in [-0.2, -0.15) is 5.26 Å². The fraction of sp³-hybridized carbons (Fsp3) is 0.0952. The predicted molar refractivity (Wildman–Crippen MR) is 102 cm³/mol. The van der Waals surface area contributed by atoms with Crippen LogP contribution in [0.25, 0.3) is 17.3 Å². The largest absolute Gasteiger partial charge is 0.360 e. The summed E-state index contributed by atoms with van der Waals surface area (Å²) in [6.45, 7) is 1.67. The Bertz CT molecular complexity index is 1110. The van der Waals surface area contributed by atoms with Gasteiger partial charge in [0.15, 0.2) is 0 Å². The molecule has 132 valence electrons. The van der Waals surface area contributed by atoms with E-state index >= 15 is 0 Å². The second-order valence-corrected chi connectivity index (χ2v) is 6.54. The van der Waals surface area contributed by atoms with E-state index < -0.39 is 6.04 Å². The van der Waals surface area contributed by atoms with Crippen molar-refractivity contribution >= 4 is 23.6 Å². The van der Waals surface area contributed by atoms with Gasteiger partial charge in [-0.1, -0.05) is 59.2 Å². The van der Waals surface area contributed by atoms with Gasteiger partial charge in [0.2, 0.25) is 0 Å². The quantitative estimate of drug-likeness (QED) is 0.632. The number of aromatic nitrogens is 1. The van der Waals surface area contributed by atoms with Gasteiger partial charge < -0.3 is 4.52 Å². The molecular weight excluding hydrogens is 362 g/mol. The maximum Gasteiger partial charge on any atom is 0.265 e. The van der Waals surface area contributed by atoms with Gasteiger partial charge in [0.1, 0.15) is 23.1 Å². The van der Waals surface area contributed by atoms with Gasteiger partial charge in [0, 0.05) is 11.8 Å². The molecule has 0 unspecified atom stereocenters. The Morgan fingerprint density at radius 2 is 1.96 bits per heavy atom. The molecule has 6 heteroatoms. The summed E-state index contributed by atoms with van der Waals surface area (Å²) in [6.07, 6.45) is 3.44. The van der Waals surface area contributed by atoms with Gasteiger partial charge in [0.05, 0.1) is 11.1 Å². The molecule has 1 aliphatic rings. The first-order valence-electron chi connectivity index (χ1n) is 8.32. The minimum atomic E-state index is -0.730. The van der Waals surface area contributed by atoms with Crippen LogP contribution in [-0.2, 0) is 0 Å². The molecule has 0 N–H and O–H groups in total. The summed E-state index contributed by atoms with van der Waals surface area (Å²) < 4.78 is 5.29. The van der Waals surface area contributed by atoms with Crippen LogP contribution in [0.3, 0.4) is 0 Å². The van der Waals surface area contributed by atoms with Crippen LogP contribution in [0.1, 0.15) is 33.3 Å². The van der Waals surface area contributed by atoms with E-state index in [-0.39, 0.29) is 5.91 Å². The second-order valence-electron chi connectivity index (χ2n) is 6.13. The van der Waals surface area contributed by atoms with E-state index in [0.717, 1.165) is 11.1 Å². The lowest BCUT2D eigenvalue weighted by Gasteiger charge is -2.28. The van der Waals surface area contributed by atoms with E-state index in [9.17, 15) is 10.1 Å². The van der Waals surface area contributed by atoms with E-state index in [0.29, 0.717) is 27.6 Å². The Hall–Kier alpha value is -3.36. The third-order valence-corrected chi connectivity index (χ3v) is 4.88. The molecule has 0 saturated heterocycles. The van der Waals surface area contributed by atoms with Gasteiger partial charge in [0.25, 0.3) is 5.91 Å². The number of nitriles is 1. The molecule has 0 radical (unpaired) electrons. The first kappa shape index (κ1) is 17.1. The van der Waals surface area contributed by atoms with Crippen molar-refractivity contribution in [3.05, 3.63) is 82.2 Å². The molecule has 0 fully saturated rings. The molecule has 1 amide bonds. The zero-order valence-corrected chi connectivity index (χ0v) is 15.1.